The van der Waals surface area contributed by atoms with Crippen LogP contribution < -0.4 is 5.32 Å². The number of nitrogens with one attached hydrogen (secondary N) is 1. The molecule has 0 bridgehead atoms. The van der Waals surface area contributed by atoms with Crippen LogP contribution in [0.5, 0.6) is 0 Å². The molecule has 0 aliphatic heterocycles. The van der Waals surface area contributed by atoms with Gasteiger partial charge in [-0.3, -0.25) is 4.79 Å². The smallest absolute Gasteiger partial charge is 0.269 e. The van der Waals surface area contributed by atoms with Crippen molar-refractivity contribution in [2.45, 2.75) is 26.4 Å². The fraction of sp³-hybridized carbons (Fsp3) is 0.385. The topological polar surface area (TPSA) is 51.2 Å². The summed E-state index contributed by atoms with van der Waals surface area (Å²) in [5.74, 6) is 0.261. The summed E-state index contributed by atoms with van der Waals surface area (Å²) in [6.45, 7) is 9.69. The van der Waals surface area contributed by atoms with Crippen molar-refractivity contribution in [1.82, 2.24) is 10.3 Å². The summed E-state index contributed by atoms with van der Waals surface area (Å²) in [5.41, 5.74) is 0.714. The van der Waals surface area contributed by atoms with Gasteiger partial charge in [-0.15, -0.1) is 0 Å². The first-order chi connectivity index (χ1) is 8.23. The molecule has 0 aliphatic carbocycles. The lowest BCUT2D eigenvalue weighted by atomic mass is 10.1. The number of ether oxygens (including phenoxy) is 1. The maximum Gasteiger partial charge on any atom is 0.269 e. The van der Waals surface area contributed by atoms with Gasteiger partial charge in [0.1, 0.15) is 21.7 Å². The summed E-state index contributed by atoms with van der Waals surface area (Å²) in [7, 11) is 1.56. The average molecular weight is 313 g/mol. The van der Waals surface area contributed by atoms with E-state index in [0.29, 0.717) is 16.1 Å². The van der Waals surface area contributed by atoms with E-state index in [4.69, 9.17) is 4.74 Å². The Balaban J connectivity index is 3.06. The van der Waals surface area contributed by atoms with Crippen molar-refractivity contribution in [2.75, 3.05) is 7.05 Å². The minimum atomic E-state index is -0.333. The molecule has 1 aromatic heterocycles. The Morgan fingerprint density at radius 2 is 2.06 bits per heavy atom. The Morgan fingerprint density at radius 1 is 1.44 bits per heavy atom. The van der Waals surface area contributed by atoms with E-state index in [-0.39, 0.29) is 11.5 Å². The van der Waals surface area contributed by atoms with Gasteiger partial charge in [-0.25, -0.2) is 4.98 Å². The van der Waals surface area contributed by atoms with E-state index in [9.17, 15) is 4.79 Å². The summed E-state index contributed by atoms with van der Waals surface area (Å²) in [4.78, 5) is 15.7. The lowest BCUT2D eigenvalue weighted by Gasteiger charge is -2.23. The number of amides is 1. The molecule has 0 spiro atoms. The molecule has 0 aromatic carbocycles. The number of hydrogen-bond donors (Lipinski definition) is 1. The van der Waals surface area contributed by atoms with E-state index in [0.717, 1.165) is 5.56 Å². The lowest BCUT2D eigenvalue weighted by molar-refractivity contribution is 0.0957. The van der Waals surface area contributed by atoms with E-state index >= 15 is 0 Å². The van der Waals surface area contributed by atoms with Gasteiger partial charge in [-0.05, 0) is 48.8 Å². The zero-order valence-electron chi connectivity index (χ0n) is 11.0. The van der Waals surface area contributed by atoms with Gasteiger partial charge >= 0.3 is 0 Å². The van der Waals surface area contributed by atoms with Crippen LogP contribution in [-0.2, 0) is 4.74 Å². The summed E-state index contributed by atoms with van der Waals surface area (Å²) >= 11 is 3.27. The zero-order valence-corrected chi connectivity index (χ0v) is 12.6. The minimum Gasteiger partial charge on any atom is -0.488 e. The minimum absolute atomic E-state index is 0.249. The molecule has 0 fully saturated rings. The highest BCUT2D eigenvalue weighted by Crippen LogP contribution is 2.23. The second kappa shape index (κ2) is 5.52. The van der Waals surface area contributed by atoms with Gasteiger partial charge in [0.2, 0.25) is 0 Å². The van der Waals surface area contributed by atoms with Gasteiger partial charge in [0.15, 0.2) is 0 Å². The maximum absolute atomic E-state index is 11.6. The first-order valence-corrected chi connectivity index (χ1v) is 6.30. The fourth-order valence-electron chi connectivity index (χ4n) is 1.33. The second-order valence-electron chi connectivity index (χ2n) is 4.78. The largest absolute Gasteiger partial charge is 0.488 e. The van der Waals surface area contributed by atoms with E-state index in [1.54, 1.807) is 19.2 Å². The lowest BCUT2D eigenvalue weighted by Crippen LogP contribution is -2.20. The molecule has 1 rings (SSSR count). The van der Waals surface area contributed by atoms with Gasteiger partial charge in [-0.1, -0.05) is 6.58 Å². The van der Waals surface area contributed by atoms with Crippen LogP contribution >= 0.6 is 15.9 Å². The zero-order chi connectivity index (χ0) is 13.9. The number of pyridine rings is 1. The van der Waals surface area contributed by atoms with Crippen LogP contribution in [0.2, 0.25) is 0 Å². The maximum atomic E-state index is 11.6. The number of rotatable bonds is 3. The molecule has 0 aliphatic rings. The van der Waals surface area contributed by atoms with Crippen LogP contribution in [0.1, 0.15) is 36.8 Å². The number of carbonyl (C=O) groups is 1. The number of halogens is 1. The van der Waals surface area contributed by atoms with Gasteiger partial charge in [0, 0.05) is 12.6 Å². The van der Waals surface area contributed by atoms with Gasteiger partial charge in [0.05, 0.1) is 0 Å². The monoisotopic (exact) mass is 312 g/mol. The molecule has 0 unspecified atom stereocenters. The molecule has 1 heterocycles. The number of nitrogens with zero attached hydrogens (tertiary/aromatic N) is 1. The average Bonchev–Trinajstić information content (AvgIpc) is 2.24. The first-order valence-electron chi connectivity index (χ1n) is 5.51. The van der Waals surface area contributed by atoms with Gasteiger partial charge in [-0.2, -0.15) is 0 Å². The van der Waals surface area contributed by atoms with Crippen molar-refractivity contribution >= 4 is 27.6 Å². The molecular formula is C13H17BrN2O2. The molecule has 1 N–H and O–H groups in total. The van der Waals surface area contributed by atoms with Crippen molar-refractivity contribution in [3.8, 4) is 0 Å². The van der Waals surface area contributed by atoms with Crippen LogP contribution in [0.25, 0.3) is 5.76 Å². The summed E-state index contributed by atoms with van der Waals surface area (Å²) in [6, 6.07) is 3.41. The second-order valence-corrected chi connectivity index (χ2v) is 5.59. The van der Waals surface area contributed by atoms with Crippen molar-refractivity contribution in [3.63, 3.8) is 0 Å². The Kier molecular flexibility index (Phi) is 4.51. The van der Waals surface area contributed by atoms with E-state index in [1.165, 1.54) is 0 Å². The van der Waals surface area contributed by atoms with Crippen LogP contribution in [0.4, 0.5) is 0 Å². The van der Waals surface area contributed by atoms with E-state index < -0.39 is 0 Å². The highest BCUT2D eigenvalue weighted by Gasteiger charge is 2.16. The molecule has 1 aromatic rings. The Labute approximate surface area is 116 Å². The quantitative estimate of drug-likeness (QED) is 0.689. The van der Waals surface area contributed by atoms with Gasteiger partial charge < -0.3 is 10.1 Å². The Bertz CT molecular complexity index is 478. The summed E-state index contributed by atoms with van der Waals surface area (Å²) in [6.07, 6.45) is 0. The predicted molar refractivity (Wildman–Crippen MR) is 75.2 cm³/mol. The van der Waals surface area contributed by atoms with E-state index in [1.807, 2.05) is 20.8 Å². The van der Waals surface area contributed by atoms with Crippen molar-refractivity contribution < 1.29 is 9.53 Å². The highest BCUT2D eigenvalue weighted by molar-refractivity contribution is 9.10. The first kappa shape index (κ1) is 14.7. The fourth-order valence-corrected chi connectivity index (χ4v) is 1.77. The Hall–Kier alpha value is -1.36. The molecule has 1 amide bonds. The Morgan fingerprint density at radius 3 is 2.56 bits per heavy atom. The molecule has 18 heavy (non-hydrogen) atoms. The highest BCUT2D eigenvalue weighted by atomic mass is 79.9. The number of carbonyl (C=O) groups excluding carboxylic acids is 1. The molecule has 0 saturated heterocycles. The standard InChI is InChI=1S/C13H17BrN2O2/c1-8(18-13(2,3)4)9-6-10(12(17)15-5)16-11(14)7-9/h6-7H,1H2,2-5H3,(H,15,17). The number of hydrogen-bond acceptors (Lipinski definition) is 3. The van der Waals surface area contributed by atoms with Crippen LogP contribution in [-0.4, -0.2) is 23.5 Å². The molecule has 5 heteroatoms. The van der Waals surface area contributed by atoms with Crippen molar-refractivity contribution in [2.24, 2.45) is 0 Å². The third-order valence-electron chi connectivity index (χ3n) is 2.01. The van der Waals surface area contributed by atoms with Crippen LogP contribution in [0.3, 0.4) is 0 Å². The molecule has 0 radical (unpaired) electrons. The van der Waals surface area contributed by atoms with Gasteiger partial charge in [0.25, 0.3) is 5.91 Å². The third-order valence-corrected chi connectivity index (χ3v) is 2.41. The molecule has 98 valence electrons. The normalized spacial score (nSPS) is 10.9. The summed E-state index contributed by atoms with van der Waals surface area (Å²) in [5, 5.41) is 2.53. The van der Waals surface area contributed by atoms with Crippen LogP contribution in [0, 0.1) is 0 Å². The molecule has 4 nitrogen and oxygen atoms in total. The van der Waals surface area contributed by atoms with Crippen LogP contribution in [0.15, 0.2) is 23.3 Å². The van der Waals surface area contributed by atoms with Crippen molar-refractivity contribution in [3.05, 3.63) is 34.6 Å². The predicted octanol–water partition coefficient (Wildman–Crippen LogP) is 2.99. The molecular weight excluding hydrogens is 296 g/mol. The molecule has 0 atom stereocenters. The van der Waals surface area contributed by atoms with Crippen molar-refractivity contribution in [1.29, 1.82) is 0 Å². The number of aromatic nitrogens is 1. The third kappa shape index (κ3) is 4.14. The summed E-state index contributed by atoms with van der Waals surface area (Å²) < 4.78 is 6.24. The molecule has 0 saturated carbocycles. The van der Waals surface area contributed by atoms with E-state index in [2.05, 4.69) is 32.8 Å². The SMILES string of the molecule is C=C(OC(C)(C)C)c1cc(Br)nc(C(=O)NC)c1.